The Bertz CT molecular complexity index is 2630. The average Bonchev–Trinajstić information content (AvgIpc) is 1.70. The van der Waals surface area contributed by atoms with Gasteiger partial charge in [0.2, 0.25) is 0 Å². The molecule has 13 aliphatic rings. The molecule has 13 fully saturated rings. The van der Waals surface area contributed by atoms with Crippen LogP contribution in [0.5, 0.6) is 0 Å². The third-order valence-corrected chi connectivity index (χ3v) is 28.0. The molecule has 0 saturated carbocycles. The number of fused-ring (bicyclic) bond motifs is 7. The zero-order valence-electron chi connectivity index (χ0n) is 67.4. The monoisotopic (exact) mass is 1390 g/mol. The third kappa shape index (κ3) is 16.6. The molecule has 13 rings (SSSR count). The van der Waals surface area contributed by atoms with E-state index in [9.17, 15) is 4.79 Å². The van der Waals surface area contributed by atoms with Crippen LogP contribution in [0.15, 0.2) is 0 Å². The summed E-state index contributed by atoms with van der Waals surface area (Å²) in [6, 6.07) is 0. The van der Waals surface area contributed by atoms with E-state index in [1.807, 2.05) is 0 Å². The van der Waals surface area contributed by atoms with Crippen LogP contribution in [0.4, 0.5) is 0 Å². The second kappa shape index (κ2) is 31.0. The number of rotatable bonds is 17. The van der Waals surface area contributed by atoms with Crippen molar-refractivity contribution >= 4 is 5.78 Å². The quantitative estimate of drug-likeness (QED) is 0.137. The molecule has 14 heteroatoms. The Balaban J connectivity index is 0.000000150. The van der Waals surface area contributed by atoms with Crippen molar-refractivity contribution in [2.75, 3.05) is 0 Å². The minimum atomic E-state index is -0.536. The van der Waals surface area contributed by atoms with Crippen LogP contribution in [0.1, 0.15) is 302 Å². The number of hydrogen-bond acceptors (Lipinski definition) is 14. The highest BCUT2D eigenvalue weighted by molar-refractivity contribution is 5.76. The molecule has 0 unspecified atom stereocenters. The zero-order valence-corrected chi connectivity index (χ0v) is 67.4. The second-order valence-corrected chi connectivity index (χ2v) is 39.1. The molecule has 99 heavy (non-hydrogen) atoms. The summed E-state index contributed by atoms with van der Waals surface area (Å²) >= 11 is 0. The predicted molar refractivity (Wildman–Crippen MR) is 390 cm³/mol. The molecule has 0 aromatic carbocycles. The van der Waals surface area contributed by atoms with Gasteiger partial charge in [-0.2, -0.15) is 0 Å². The molecular formula is C85H148O14. The first-order valence-electron chi connectivity index (χ1n) is 41.7. The first-order chi connectivity index (χ1) is 46.4. The van der Waals surface area contributed by atoms with Crippen molar-refractivity contribution in [3.63, 3.8) is 0 Å². The predicted octanol–water partition coefficient (Wildman–Crippen LogP) is 18.7. The van der Waals surface area contributed by atoms with Crippen molar-refractivity contribution in [2.24, 2.45) is 94.7 Å². The van der Waals surface area contributed by atoms with Gasteiger partial charge in [0.15, 0.2) is 17.4 Å². The Labute approximate surface area is 603 Å². The highest BCUT2D eigenvalue weighted by atomic mass is 16.7. The van der Waals surface area contributed by atoms with E-state index < -0.39 is 17.4 Å². The van der Waals surface area contributed by atoms with Gasteiger partial charge in [-0.25, -0.2) is 0 Å². The summed E-state index contributed by atoms with van der Waals surface area (Å²) in [6.45, 7) is 57.1. The van der Waals surface area contributed by atoms with Crippen LogP contribution in [-0.2, 0) is 66.4 Å². The van der Waals surface area contributed by atoms with E-state index in [-0.39, 0.29) is 114 Å². The largest absolute Gasteiger partial charge is 0.372 e. The lowest BCUT2D eigenvalue weighted by Gasteiger charge is -2.55. The maximum Gasteiger partial charge on any atom is 0.170 e. The van der Waals surface area contributed by atoms with Crippen molar-refractivity contribution in [3.8, 4) is 0 Å². The summed E-state index contributed by atoms with van der Waals surface area (Å²) in [6.07, 6.45) is 22.2. The Kier molecular flexibility index (Phi) is 24.8. The lowest BCUT2D eigenvalue weighted by atomic mass is 9.76. The fourth-order valence-electron chi connectivity index (χ4n) is 22.7. The highest BCUT2D eigenvalue weighted by Gasteiger charge is 2.65. The van der Waals surface area contributed by atoms with E-state index in [2.05, 4.69) is 166 Å². The van der Waals surface area contributed by atoms with E-state index in [4.69, 9.17) is 61.6 Å². The number of hydrogen-bond donors (Lipinski definition) is 0. The first-order valence-corrected chi connectivity index (χ1v) is 41.7. The van der Waals surface area contributed by atoms with Crippen LogP contribution < -0.4 is 0 Å². The molecular weight excluding hydrogens is 1240 g/mol. The molecule has 572 valence electrons. The van der Waals surface area contributed by atoms with Gasteiger partial charge < -0.3 is 61.6 Å². The maximum absolute atomic E-state index is 11.7. The Morgan fingerprint density at radius 2 is 0.677 bits per heavy atom. The second-order valence-electron chi connectivity index (χ2n) is 39.1. The number of ketones is 1. The minimum absolute atomic E-state index is 0.00959. The van der Waals surface area contributed by atoms with Crippen molar-refractivity contribution < 1.29 is 66.4 Å². The van der Waals surface area contributed by atoms with E-state index in [0.717, 1.165) is 115 Å². The van der Waals surface area contributed by atoms with Crippen LogP contribution in [0, 0.1) is 94.7 Å². The summed E-state index contributed by atoms with van der Waals surface area (Å²) in [4.78, 5) is 11.7. The normalized spacial score (nSPS) is 49.2. The zero-order chi connectivity index (χ0) is 72.0. The van der Waals surface area contributed by atoms with Crippen LogP contribution in [-0.4, -0.2) is 144 Å². The number of carbonyl (C=O) groups excluding carboxylic acids is 1. The lowest BCUT2D eigenvalue weighted by Crippen LogP contribution is -2.62. The fraction of sp³-hybridized carbons (Fsp3) is 0.988. The molecule has 3 spiro atoms. The smallest absolute Gasteiger partial charge is 0.170 e. The van der Waals surface area contributed by atoms with Gasteiger partial charge in [0.05, 0.1) is 121 Å². The highest BCUT2D eigenvalue weighted by Crippen LogP contribution is 2.59. The SMILES string of the molecule is CC(=O)C[C@H]1O[C@@H]2[C@H](C[C@H]1C)O[C@@]1(C[C@@H]2C)C[C@H](C)[C@@H]2O[C@](CC(C)C)(C(C)C)C[C@@H]2O1.CC[C@H](C)C[C@H](C)[C@@H]1C[C@@H]2O[C@@]3(C[C@H](C)[C@@H]2O1)C[C@H](C)[C@@H]1O[C@](CC(C)C)(C(C)C)C[C@@H]1O3.CC[C@H](C)[C@@H]1C[C@H]2O[C@@H]3[C@H](C[C@H]2O1)O[C@@]1(C[C@@H]3C)C[C@H](C)[C@@H]2O[C@](CC(C)C)(C(C)C)C[C@@H]2O1. The fourth-order valence-corrected chi connectivity index (χ4v) is 22.7. The van der Waals surface area contributed by atoms with Gasteiger partial charge in [-0.05, 0) is 134 Å². The topological polar surface area (TPSA) is 137 Å². The van der Waals surface area contributed by atoms with Gasteiger partial charge in [-0.3, -0.25) is 4.79 Å². The van der Waals surface area contributed by atoms with E-state index >= 15 is 0 Å². The van der Waals surface area contributed by atoms with Gasteiger partial charge in [0.25, 0.3) is 0 Å². The van der Waals surface area contributed by atoms with Crippen molar-refractivity contribution in [2.45, 2.75) is 439 Å². The molecule has 0 aliphatic carbocycles. The number of Topliss-reactive ketones (excluding diaryl/α,β-unsaturated/α-hetero) is 1. The first kappa shape index (κ1) is 79.2. The average molecular weight is 1390 g/mol. The van der Waals surface area contributed by atoms with Gasteiger partial charge in [0.1, 0.15) is 5.78 Å². The molecule has 0 N–H and O–H groups in total. The van der Waals surface area contributed by atoms with Gasteiger partial charge in [-0.1, -0.05) is 179 Å². The standard InChI is InChI=1S/C29H50O5.C29H52O4.C27H46O5/c1-9-18(6)21-10-23-22(30-21)11-24-26(31-23)19(7)13-29(32-24)14-20(8)27-25(33-29)15-28(34-27,17(4)5)12-16(2)3;1-10-19(6)11-20(7)23-12-24-26(30-23)21(8)14-29(31-24)15-22(9)27-25(32-29)16-28(33-27,18(4)5)13-17(2)3;1-15(2)11-26(16(3)4)14-23-25(32-26)19(7)13-27(31-23)12-18(6)24-22(30-27)9-17(5)21(29-24)10-20(8)28/h16-27H,9-15H2,1-8H3;17-27H,10-16H2,1-9H3;15-19,21-25H,9-14H2,1-8H3/t18-,19-,20-,21-,22+,23+,24-,25-,26-,27-,28-,29+;19-,20-,21-,22-,23-,24-,25-,26-,27-,28-,29+;17-,18+,19+,21-,22+,23+,24+,25+,26+,27-/m001/s1. The lowest BCUT2D eigenvalue weighted by molar-refractivity contribution is -0.368. The molecule has 0 aromatic heterocycles. The third-order valence-electron chi connectivity index (χ3n) is 28.0. The van der Waals surface area contributed by atoms with E-state index in [1.54, 1.807) is 6.92 Å². The molecule has 13 saturated heterocycles. The van der Waals surface area contributed by atoms with Crippen LogP contribution >= 0.6 is 0 Å². The minimum Gasteiger partial charge on any atom is -0.372 e. The van der Waals surface area contributed by atoms with Gasteiger partial charge in [-0.15, -0.1) is 0 Å². The van der Waals surface area contributed by atoms with Crippen LogP contribution in [0.3, 0.4) is 0 Å². The van der Waals surface area contributed by atoms with E-state index in [0.29, 0.717) is 107 Å². The van der Waals surface area contributed by atoms with E-state index in [1.165, 1.54) is 12.8 Å². The summed E-state index contributed by atoms with van der Waals surface area (Å²) < 4.78 is 88.3. The van der Waals surface area contributed by atoms with Gasteiger partial charge in [0, 0.05) is 83.5 Å². The summed E-state index contributed by atoms with van der Waals surface area (Å²) in [5.41, 5.74) is -0.260. The summed E-state index contributed by atoms with van der Waals surface area (Å²) in [7, 11) is 0. The molecule has 33 atom stereocenters. The molecule has 0 aromatic rings. The Morgan fingerprint density at radius 1 is 0.343 bits per heavy atom. The van der Waals surface area contributed by atoms with Crippen molar-refractivity contribution in [3.05, 3.63) is 0 Å². The molecule has 0 radical (unpaired) electrons. The van der Waals surface area contributed by atoms with Gasteiger partial charge >= 0.3 is 0 Å². The van der Waals surface area contributed by atoms with Crippen LogP contribution in [0.25, 0.3) is 0 Å². The molecule has 13 heterocycles. The number of ether oxygens (including phenoxy) is 13. The maximum atomic E-state index is 11.7. The van der Waals surface area contributed by atoms with Crippen molar-refractivity contribution in [1.82, 2.24) is 0 Å². The molecule has 14 nitrogen and oxygen atoms in total. The summed E-state index contributed by atoms with van der Waals surface area (Å²) in [5, 5.41) is 0. The molecule has 0 bridgehead atoms. The Morgan fingerprint density at radius 3 is 1.05 bits per heavy atom. The number of carbonyl (C=O) groups is 1. The summed E-state index contributed by atoms with van der Waals surface area (Å²) in [5.74, 6) is 6.65. The molecule has 13 aliphatic heterocycles. The van der Waals surface area contributed by atoms with Crippen LogP contribution in [0.2, 0.25) is 0 Å². The molecule has 0 amide bonds. The van der Waals surface area contributed by atoms with Crippen molar-refractivity contribution in [1.29, 1.82) is 0 Å². The Hall–Kier alpha value is -0.850.